The number of nitrogens with zero attached hydrogens (tertiary/aromatic N) is 1. The van der Waals surface area contributed by atoms with Crippen molar-refractivity contribution in [3.63, 3.8) is 0 Å². The van der Waals surface area contributed by atoms with E-state index in [2.05, 4.69) is 10.3 Å². The van der Waals surface area contributed by atoms with Crippen LogP contribution < -0.4 is 16.6 Å². The summed E-state index contributed by atoms with van der Waals surface area (Å²) < 4.78 is 1.44. The third kappa shape index (κ3) is 4.06. The molecule has 0 aliphatic carbocycles. The molecular weight excluding hydrogens is 270 g/mol. The molecule has 0 saturated carbocycles. The summed E-state index contributed by atoms with van der Waals surface area (Å²) in [6.45, 7) is 2.53. The molecule has 0 unspecified atom stereocenters. The van der Waals surface area contributed by atoms with Gasteiger partial charge in [0.2, 0.25) is 0 Å². The van der Waals surface area contributed by atoms with Crippen molar-refractivity contribution >= 4 is 11.4 Å². The first kappa shape index (κ1) is 15.1. The van der Waals surface area contributed by atoms with Crippen molar-refractivity contribution in [2.75, 3.05) is 11.9 Å². The maximum Gasteiger partial charge on any atom is 0.328 e. The molecule has 3 N–H and O–H groups in total. The van der Waals surface area contributed by atoms with E-state index in [1.165, 1.54) is 10.8 Å². The lowest BCUT2D eigenvalue weighted by atomic mass is 10.2. The maximum absolute atomic E-state index is 11.8. The van der Waals surface area contributed by atoms with Crippen LogP contribution >= 0.6 is 0 Å². The smallest absolute Gasteiger partial charge is 0.328 e. The predicted molar refractivity (Wildman–Crippen MR) is 82.1 cm³/mol. The zero-order valence-corrected chi connectivity index (χ0v) is 11.9. The van der Waals surface area contributed by atoms with E-state index in [4.69, 9.17) is 5.11 Å². The second-order valence-electron chi connectivity index (χ2n) is 4.92. The summed E-state index contributed by atoms with van der Waals surface area (Å²) in [7, 11) is 0. The maximum atomic E-state index is 11.8. The van der Waals surface area contributed by atoms with E-state index in [9.17, 15) is 9.59 Å². The van der Waals surface area contributed by atoms with Crippen LogP contribution in [0.25, 0.3) is 0 Å². The number of benzene rings is 1. The highest BCUT2D eigenvalue weighted by molar-refractivity contribution is 5.57. The monoisotopic (exact) mass is 289 g/mol. The zero-order valence-electron chi connectivity index (χ0n) is 11.9. The van der Waals surface area contributed by atoms with E-state index in [0.29, 0.717) is 25.1 Å². The fourth-order valence-electron chi connectivity index (χ4n) is 1.95. The summed E-state index contributed by atoms with van der Waals surface area (Å²) in [6, 6.07) is 7.62. The van der Waals surface area contributed by atoms with E-state index >= 15 is 0 Å². The van der Waals surface area contributed by atoms with E-state index < -0.39 is 11.2 Å². The van der Waals surface area contributed by atoms with Crippen LogP contribution in [0.3, 0.4) is 0 Å². The lowest BCUT2D eigenvalue weighted by Gasteiger charge is -2.09. The first-order chi connectivity index (χ1) is 10.1. The fraction of sp³-hybridized carbons (Fsp3) is 0.333. The first-order valence-electron chi connectivity index (χ1n) is 6.88. The SMILES string of the molecule is Cc1ccc(Nc2cn(CCCCO)c(=O)[nH]c2=O)cc1. The van der Waals surface area contributed by atoms with Crippen LogP contribution in [0.4, 0.5) is 11.4 Å². The summed E-state index contributed by atoms with van der Waals surface area (Å²) in [5, 5.41) is 11.8. The van der Waals surface area contributed by atoms with Crippen LogP contribution in [0.1, 0.15) is 18.4 Å². The number of aromatic nitrogens is 2. The Bertz CT molecular complexity index is 701. The summed E-state index contributed by atoms with van der Waals surface area (Å²) in [6.07, 6.45) is 2.80. The molecule has 6 nitrogen and oxygen atoms in total. The molecule has 1 aromatic heterocycles. The van der Waals surface area contributed by atoms with E-state index in [1.54, 1.807) is 0 Å². The third-order valence-electron chi connectivity index (χ3n) is 3.15. The van der Waals surface area contributed by atoms with Crippen molar-refractivity contribution < 1.29 is 5.11 Å². The van der Waals surface area contributed by atoms with E-state index in [1.807, 2.05) is 31.2 Å². The number of hydrogen-bond donors (Lipinski definition) is 3. The van der Waals surface area contributed by atoms with Crippen LogP contribution in [0, 0.1) is 6.92 Å². The molecule has 0 fully saturated rings. The molecule has 1 heterocycles. The van der Waals surface area contributed by atoms with Crippen LogP contribution in [-0.2, 0) is 6.54 Å². The van der Waals surface area contributed by atoms with Gasteiger partial charge >= 0.3 is 5.69 Å². The van der Waals surface area contributed by atoms with Crippen LogP contribution in [0.2, 0.25) is 0 Å². The minimum absolute atomic E-state index is 0.0899. The van der Waals surface area contributed by atoms with Gasteiger partial charge < -0.3 is 10.4 Å². The number of aliphatic hydroxyl groups is 1. The molecule has 0 bridgehead atoms. The van der Waals surface area contributed by atoms with Crippen molar-refractivity contribution in [2.24, 2.45) is 0 Å². The molecule has 6 heteroatoms. The molecule has 0 amide bonds. The molecule has 0 spiro atoms. The van der Waals surface area contributed by atoms with Gasteiger partial charge in [-0.05, 0) is 31.9 Å². The number of nitrogens with one attached hydrogen (secondary N) is 2. The average molecular weight is 289 g/mol. The minimum atomic E-state index is -0.445. The summed E-state index contributed by atoms with van der Waals surface area (Å²) in [5.41, 5.74) is 1.35. The molecule has 1 aromatic carbocycles. The fourth-order valence-corrected chi connectivity index (χ4v) is 1.95. The van der Waals surface area contributed by atoms with Gasteiger partial charge in [-0.2, -0.15) is 0 Å². The molecule has 0 radical (unpaired) electrons. The number of H-pyrrole nitrogens is 1. The van der Waals surface area contributed by atoms with Crippen molar-refractivity contribution in [1.82, 2.24) is 9.55 Å². The molecule has 0 aliphatic rings. The normalized spacial score (nSPS) is 10.6. The molecule has 112 valence electrons. The van der Waals surface area contributed by atoms with Crippen molar-refractivity contribution in [1.29, 1.82) is 0 Å². The van der Waals surface area contributed by atoms with Crippen molar-refractivity contribution in [3.8, 4) is 0 Å². The second kappa shape index (κ2) is 6.90. The Morgan fingerprint density at radius 2 is 1.90 bits per heavy atom. The standard InChI is InChI=1S/C15H19N3O3/c1-11-4-6-12(7-5-11)16-13-10-18(8-2-3-9-19)15(21)17-14(13)20/h4-7,10,16,19H,2-3,8-9H2,1H3,(H,17,20,21). The Labute approximate surface area is 122 Å². The Morgan fingerprint density at radius 1 is 1.19 bits per heavy atom. The van der Waals surface area contributed by atoms with Gasteiger partial charge in [0.25, 0.3) is 5.56 Å². The third-order valence-corrected chi connectivity index (χ3v) is 3.15. The number of aryl methyl sites for hydroxylation is 2. The van der Waals surface area contributed by atoms with Gasteiger partial charge in [0.1, 0.15) is 5.69 Å². The Kier molecular flexibility index (Phi) is 4.94. The number of rotatable bonds is 6. The summed E-state index contributed by atoms with van der Waals surface area (Å²) in [5.74, 6) is 0. The molecule has 21 heavy (non-hydrogen) atoms. The van der Waals surface area contributed by atoms with Crippen LogP contribution in [0.15, 0.2) is 40.1 Å². The van der Waals surface area contributed by atoms with E-state index in [0.717, 1.165) is 11.3 Å². The van der Waals surface area contributed by atoms with Gasteiger partial charge in [-0.1, -0.05) is 17.7 Å². The van der Waals surface area contributed by atoms with Gasteiger partial charge in [-0.15, -0.1) is 0 Å². The number of hydrogen-bond acceptors (Lipinski definition) is 4. The highest BCUT2D eigenvalue weighted by Gasteiger charge is 2.05. The molecule has 0 aliphatic heterocycles. The van der Waals surface area contributed by atoms with Gasteiger partial charge in [-0.25, -0.2) is 4.79 Å². The minimum Gasteiger partial charge on any atom is -0.396 e. The van der Waals surface area contributed by atoms with Gasteiger partial charge in [0.05, 0.1) is 0 Å². The van der Waals surface area contributed by atoms with Crippen molar-refractivity contribution in [3.05, 3.63) is 56.9 Å². The largest absolute Gasteiger partial charge is 0.396 e. The van der Waals surface area contributed by atoms with Crippen LogP contribution in [-0.4, -0.2) is 21.3 Å². The Balaban J connectivity index is 2.22. The quantitative estimate of drug-likeness (QED) is 0.701. The average Bonchev–Trinajstić information content (AvgIpc) is 2.46. The highest BCUT2D eigenvalue weighted by Crippen LogP contribution is 2.13. The number of unbranched alkanes of at least 4 members (excludes halogenated alkanes) is 1. The molecule has 0 atom stereocenters. The van der Waals surface area contributed by atoms with Gasteiger partial charge in [0, 0.05) is 25.0 Å². The number of aliphatic hydroxyl groups excluding tert-OH is 1. The topological polar surface area (TPSA) is 87.1 Å². The first-order valence-corrected chi connectivity index (χ1v) is 6.88. The lowest BCUT2D eigenvalue weighted by Crippen LogP contribution is -2.30. The number of anilines is 2. The molecule has 2 aromatic rings. The predicted octanol–water partition coefficient (Wildman–Crippen LogP) is 1.36. The van der Waals surface area contributed by atoms with Gasteiger partial charge in [0.15, 0.2) is 0 Å². The van der Waals surface area contributed by atoms with Gasteiger partial charge in [-0.3, -0.25) is 14.3 Å². The summed E-state index contributed by atoms with van der Waals surface area (Å²) >= 11 is 0. The summed E-state index contributed by atoms with van der Waals surface area (Å²) in [4.78, 5) is 25.8. The lowest BCUT2D eigenvalue weighted by molar-refractivity contribution is 0.281. The van der Waals surface area contributed by atoms with E-state index in [-0.39, 0.29) is 6.61 Å². The zero-order chi connectivity index (χ0) is 15.2. The Morgan fingerprint density at radius 3 is 2.57 bits per heavy atom. The molecule has 2 rings (SSSR count). The molecule has 0 saturated heterocycles. The highest BCUT2D eigenvalue weighted by atomic mass is 16.3. The Hall–Kier alpha value is -2.34. The second-order valence-corrected chi connectivity index (χ2v) is 4.92. The molecular formula is C15H19N3O3. The van der Waals surface area contributed by atoms with Crippen molar-refractivity contribution in [2.45, 2.75) is 26.3 Å². The van der Waals surface area contributed by atoms with Crippen LogP contribution in [0.5, 0.6) is 0 Å². The number of aromatic amines is 1.